The van der Waals surface area contributed by atoms with E-state index < -0.39 is 59.6 Å². The number of unbranched alkanes of at least 4 members (excludes halogenated alkanes) is 1. The number of fused-ring (bicyclic) bond motifs is 1. The van der Waals surface area contributed by atoms with Gasteiger partial charge in [-0.1, -0.05) is 18.6 Å². The van der Waals surface area contributed by atoms with Crippen molar-refractivity contribution in [3.63, 3.8) is 0 Å². The molecule has 0 aliphatic carbocycles. The molecule has 59 heavy (non-hydrogen) atoms. The van der Waals surface area contributed by atoms with Crippen LogP contribution in [0.4, 0.5) is 17.5 Å². The second kappa shape index (κ2) is 22.6. The van der Waals surface area contributed by atoms with E-state index in [1.807, 2.05) is 5.43 Å². The maximum atomic E-state index is 12.3. The molecule has 23 nitrogen and oxygen atoms in total. The molecule has 0 spiro atoms. The maximum Gasteiger partial charge on any atom is 0.326 e. The highest BCUT2D eigenvalue weighted by atomic mass is 16.4. The van der Waals surface area contributed by atoms with Crippen molar-refractivity contribution in [2.75, 3.05) is 23.3 Å². The van der Waals surface area contributed by atoms with Gasteiger partial charge in [0.2, 0.25) is 11.9 Å². The number of carboxylic acid groups (broad SMARTS) is 2. The molecule has 0 radical (unpaired) electrons. The Hall–Kier alpha value is -7.08. The van der Waals surface area contributed by atoms with Gasteiger partial charge in [-0.25, -0.2) is 20.6 Å². The molecule has 19 N–H and O–H groups in total. The van der Waals surface area contributed by atoms with Crippen LogP contribution in [0.2, 0.25) is 0 Å². The number of phenolic OH excluding ortho intramolecular Hbond substituents is 1. The van der Waals surface area contributed by atoms with Crippen LogP contribution in [0.5, 0.6) is 5.75 Å². The van der Waals surface area contributed by atoms with Crippen molar-refractivity contribution >= 4 is 64.1 Å². The number of hydrogen-bond donors (Lipinski definition) is 13. The van der Waals surface area contributed by atoms with Crippen molar-refractivity contribution in [1.29, 1.82) is 0 Å². The SMILES string of the molecule is NCCCC[C@H](N)C(=O)[C@H](N)C(=O)N[C@@H](Cc1ccc(O)cc1)C(=O)NN.Nc1nc(N)c2nc(CNc3ccc(C(=O)NC(CCC(=O)O)C(=O)O)cc3)cnc2n1. The number of nitrogens with one attached hydrogen (secondary N) is 4. The van der Waals surface area contributed by atoms with E-state index in [0.29, 0.717) is 54.8 Å². The van der Waals surface area contributed by atoms with Crippen LogP contribution in [-0.2, 0) is 36.9 Å². The molecule has 4 atom stereocenters. The summed E-state index contributed by atoms with van der Waals surface area (Å²) in [4.78, 5) is 87.0. The van der Waals surface area contributed by atoms with Crippen LogP contribution in [0.15, 0.2) is 54.7 Å². The summed E-state index contributed by atoms with van der Waals surface area (Å²) < 4.78 is 0. The Bertz CT molecular complexity index is 2090. The lowest BCUT2D eigenvalue weighted by atomic mass is 9.99. The van der Waals surface area contributed by atoms with Crippen LogP contribution < -0.4 is 55.9 Å². The molecule has 0 saturated heterocycles. The number of amides is 3. The van der Waals surface area contributed by atoms with Crippen LogP contribution in [0.1, 0.15) is 53.7 Å². The average Bonchev–Trinajstić information content (AvgIpc) is 3.21. The number of hydrazine groups is 1. The lowest BCUT2D eigenvalue weighted by molar-refractivity contribution is -0.140. The van der Waals surface area contributed by atoms with Gasteiger partial charge in [0.05, 0.1) is 24.5 Å². The molecule has 1 unspecified atom stereocenters. The van der Waals surface area contributed by atoms with Crippen LogP contribution in [0.3, 0.4) is 0 Å². The molecule has 0 saturated carbocycles. The maximum absolute atomic E-state index is 12.3. The molecular weight excluding hydrogens is 772 g/mol. The van der Waals surface area contributed by atoms with Gasteiger partial charge in [-0.2, -0.15) is 9.97 Å². The van der Waals surface area contributed by atoms with E-state index in [1.165, 1.54) is 30.5 Å². The highest BCUT2D eigenvalue weighted by Gasteiger charge is 2.30. The lowest BCUT2D eigenvalue weighted by Crippen LogP contribution is -2.57. The third-order valence-electron chi connectivity index (χ3n) is 8.45. The third kappa shape index (κ3) is 14.7. The number of benzene rings is 2. The van der Waals surface area contributed by atoms with Gasteiger partial charge < -0.3 is 59.9 Å². The van der Waals surface area contributed by atoms with Gasteiger partial charge in [0, 0.05) is 24.1 Å². The Morgan fingerprint density at radius 2 is 1.47 bits per heavy atom. The van der Waals surface area contributed by atoms with E-state index in [0.717, 1.165) is 0 Å². The van der Waals surface area contributed by atoms with Crippen molar-refractivity contribution in [2.24, 2.45) is 23.0 Å². The van der Waals surface area contributed by atoms with Crippen molar-refractivity contribution in [3.05, 3.63) is 71.5 Å². The zero-order chi connectivity index (χ0) is 43.6. The summed E-state index contributed by atoms with van der Waals surface area (Å²) in [5, 5.41) is 35.0. The smallest absolute Gasteiger partial charge is 0.326 e. The normalized spacial score (nSPS) is 12.7. The third-order valence-corrected chi connectivity index (χ3v) is 8.45. The molecule has 0 fully saturated rings. The van der Waals surface area contributed by atoms with Gasteiger partial charge in [0.15, 0.2) is 22.8 Å². The van der Waals surface area contributed by atoms with Crippen molar-refractivity contribution < 1.29 is 44.1 Å². The lowest BCUT2D eigenvalue weighted by Gasteiger charge is -2.21. The molecule has 2 aromatic carbocycles. The van der Waals surface area contributed by atoms with Gasteiger partial charge in [-0.05, 0) is 67.8 Å². The van der Waals surface area contributed by atoms with Gasteiger partial charge in [-0.3, -0.25) is 29.4 Å². The Morgan fingerprint density at radius 1 is 0.797 bits per heavy atom. The number of nitrogen functional groups attached to an aromatic ring is 2. The summed E-state index contributed by atoms with van der Waals surface area (Å²) >= 11 is 0. The number of rotatable bonds is 20. The Labute approximate surface area is 336 Å². The second-order valence-electron chi connectivity index (χ2n) is 12.9. The first-order chi connectivity index (χ1) is 28.0. The fourth-order valence-corrected chi connectivity index (χ4v) is 5.22. The summed E-state index contributed by atoms with van der Waals surface area (Å²) in [6.07, 6.45) is 2.76. The van der Waals surface area contributed by atoms with Crippen molar-refractivity contribution in [1.82, 2.24) is 36.0 Å². The number of carbonyl (C=O) groups is 6. The van der Waals surface area contributed by atoms with Crippen molar-refractivity contribution in [2.45, 2.75) is 69.2 Å². The van der Waals surface area contributed by atoms with E-state index in [9.17, 15) is 33.9 Å². The second-order valence-corrected chi connectivity index (χ2v) is 12.9. The number of anilines is 3. The minimum atomic E-state index is -1.49. The van der Waals surface area contributed by atoms with E-state index in [-0.39, 0.29) is 48.0 Å². The fourth-order valence-electron chi connectivity index (χ4n) is 5.22. The number of nitrogens with two attached hydrogens (primary N) is 6. The molecule has 2 heterocycles. The predicted octanol–water partition coefficient (Wildman–Crippen LogP) is -1.99. The summed E-state index contributed by atoms with van der Waals surface area (Å²) in [6.45, 7) is 0.787. The quantitative estimate of drug-likeness (QED) is 0.0151. The number of aliphatic carboxylic acids is 2. The Balaban J connectivity index is 0.000000321. The van der Waals surface area contributed by atoms with Gasteiger partial charge in [0.1, 0.15) is 23.9 Å². The summed E-state index contributed by atoms with van der Waals surface area (Å²) in [5.41, 5.74) is 32.9. The van der Waals surface area contributed by atoms with E-state index >= 15 is 0 Å². The Morgan fingerprint density at radius 3 is 2.08 bits per heavy atom. The largest absolute Gasteiger partial charge is 0.508 e. The predicted molar refractivity (Wildman–Crippen MR) is 213 cm³/mol. The molecular formula is C36H48N14O9. The number of carboxylic acids is 2. The van der Waals surface area contributed by atoms with E-state index in [4.69, 9.17) is 44.7 Å². The van der Waals surface area contributed by atoms with Gasteiger partial charge in [0.25, 0.3) is 11.8 Å². The van der Waals surface area contributed by atoms with Crippen LogP contribution >= 0.6 is 0 Å². The topological polar surface area (TPSA) is 419 Å². The Kier molecular flexibility index (Phi) is 17.7. The molecule has 4 aromatic rings. The van der Waals surface area contributed by atoms with Gasteiger partial charge in [-0.15, -0.1) is 0 Å². The zero-order valence-corrected chi connectivity index (χ0v) is 31.7. The van der Waals surface area contributed by atoms with Crippen LogP contribution in [0, 0.1) is 0 Å². The zero-order valence-electron chi connectivity index (χ0n) is 31.7. The molecule has 2 aromatic heterocycles. The number of ketones is 1. The monoisotopic (exact) mass is 820 g/mol. The first-order valence-corrected chi connectivity index (χ1v) is 18.0. The summed E-state index contributed by atoms with van der Waals surface area (Å²) in [5.74, 6) is 0.219. The molecule has 0 aliphatic heterocycles. The summed E-state index contributed by atoms with van der Waals surface area (Å²) in [7, 11) is 0. The molecule has 0 bridgehead atoms. The van der Waals surface area contributed by atoms with E-state index in [2.05, 4.69) is 35.9 Å². The molecule has 23 heteroatoms. The average molecular weight is 821 g/mol. The minimum Gasteiger partial charge on any atom is -0.508 e. The number of aromatic nitrogens is 4. The standard InChI is InChI=1S/C19H20N8O5.C17H28N6O4/c20-15-14-16(27-19(21)26-15)23-8-11(24-14)7-22-10-3-1-9(2-4-10)17(30)25-12(18(31)32)5-6-13(28)29;18-8-2-1-3-12(19)15(25)14(20)17(27)22-13(16(26)23-21)9-10-4-6-11(24)7-5-10/h1-4,8,12,22H,5-7H2,(H,25,30)(H,28,29)(H,31,32)(H4,20,21,23,26,27);4-7,12-14,24H,1-3,8-9,18-21H2,(H,22,27)(H,23,26)/t;12-,13-,14-/m.0/s1. The van der Waals surface area contributed by atoms with Crippen LogP contribution in [-0.4, -0.2) is 101 Å². The fraction of sp³-hybridized carbons (Fsp3) is 0.333. The summed E-state index contributed by atoms with van der Waals surface area (Å²) in [6, 6.07) is 7.66. The number of hydrogen-bond acceptors (Lipinski definition) is 18. The molecule has 316 valence electrons. The van der Waals surface area contributed by atoms with Crippen LogP contribution in [0.25, 0.3) is 11.2 Å². The highest BCUT2D eigenvalue weighted by Crippen LogP contribution is 2.17. The first-order valence-electron chi connectivity index (χ1n) is 18.0. The number of nitrogens with zero attached hydrogens (tertiary/aromatic N) is 4. The van der Waals surface area contributed by atoms with E-state index in [1.54, 1.807) is 24.3 Å². The molecule has 0 aliphatic rings. The minimum absolute atomic E-state index is 0.0101. The number of aromatic hydroxyl groups is 1. The number of phenols is 1. The molecule has 4 rings (SSSR count). The highest BCUT2D eigenvalue weighted by molar-refractivity contribution is 6.08. The first kappa shape index (κ1) is 46.3. The number of carbonyl (C=O) groups excluding carboxylic acids is 4. The number of Topliss-reactive ketones (excluding diaryl/α,β-unsaturated/α-hetero) is 1. The van der Waals surface area contributed by atoms with Crippen molar-refractivity contribution in [3.8, 4) is 5.75 Å². The van der Waals surface area contributed by atoms with Gasteiger partial charge >= 0.3 is 11.9 Å². The molecule has 3 amide bonds.